The molecule has 1 aliphatic rings. The van der Waals surface area contributed by atoms with E-state index in [9.17, 15) is 14.4 Å². The maximum absolute atomic E-state index is 13.7. The largest absolute Gasteiger partial charge is 0.466 e. The Hall–Kier alpha value is -4.34. The van der Waals surface area contributed by atoms with Gasteiger partial charge in [0, 0.05) is 36.5 Å². The Morgan fingerprint density at radius 3 is 2.56 bits per heavy atom. The van der Waals surface area contributed by atoms with E-state index in [2.05, 4.69) is 10.4 Å². The van der Waals surface area contributed by atoms with Gasteiger partial charge in [0.1, 0.15) is 12.6 Å². The maximum Gasteiger partial charge on any atom is 0.310 e. The fraction of sp³-hybridized carbons (Fsp3) is 0.379. The van der Waals surface area contributed by atoms with Gasteiger partial charge in [0.05, 0.1) is 18.7 Å². The van der Waals surface area contributed by atoms with Gasteiger partial charge in [0.15, 0.2) is 11.5 Å². The highest BCUT2D eigenvalue weighted by Crippen LogP contribution is 2.35. The first-order valence-electron chi connectivity index (χ1n) is 13.0. The van der Waals surface area contributed by atoms with Gasteiger partial charge in [-0.15, -0.1) is 0 Å². The molecule has 0 bridgehead atoms. The van der Waals surface area contributed by atoms with E-state index >= 15 is 0 Å². The molecule has 39 heavy (non-hydrogen) atoms. The van der Waals surface area contributed by atoms with Gasteiger partial charge in [0.2, 0.25) is 18.6 Å². The van der Waals surface area contributed by atoms with Gasteiger partial charge in [-0.3, -0.25) is 19.1 Å². The van der Waals surface area contributed by atoms with Crippen LogP contribution in [0, 0.1) is 6.92 Å². The zero-order valence-electron chi connectivity index (χ0n) is 22.7. The van der Waals surface area contributed by atoms with E-state index < -0.39 is 6.04 Å². The van der Waals surface area contributed by atoms with Gasteiger partial charge in [-0.25, -0.2) is 0 Å². The number of carbonyl (C=O) groups is 3. The molecule has 0 spiro atoms. The minimum atomic E-state index is -0.823. The van der Waals surface area contributed by atoms with Crippen LogP contribution in [0.1, 0.15) is 36.4 Å². The molecule has 0 radical (unpaired) electrons. The molecule has 2 heterocycles. The highest BCUT2D eigenvalue weighted by molar-refractivity contribution is 5.99. The highest BCUT2D eigenvalue weighted by Gasteiger charge is 2.27. The van der Waals surface area contributed by atoms with E-state index in [-0.39, 0.29) is 37.5 Å². The molecule has 2 aromatic carbocycles. The number of anilines is 1. The summed E-state index contributed by atoms with van der Waals surface area (Å²) < 4.78 is 17.5. The van der Waals surface area contributed by atoms with Crippen LogP contribution in [0.3, 0.4) is 0 Å². The zero-order chi connectivity index (χ0) is 27.9. The lowest BCUT2D eigenvalue weighted by Gasteiger charge is -2.25. The number of rotatable bonds is 11. The molecule has 4 rings (SSSR count). The number of hydrogen-bond acceptors (Lipinski definition) is 7. The molecule has 0 saturated carbocycles. The number of aromatic nitrogens is 2. The van der Waals surface area contributed by atoms with Crippen molar-refractivity contribution in [1.29, 1.82) is 0 Å². The quantitative estimate of drug-likeness (QED) is 0.377. The number of ether oxygens (including phenoxy) is 3. The summed E-state index contributed by atoms with van der Waals surface area (Å²) in [6.07, 6.45) is 0.995. The first-order valence-corrected chi connectivity index (χ1v) is 13.0. The summed E-state index contributed by atoms with van der Waals surface area (Å²) in [4.78, 5) is 40.5. The molecule has 0 saturated heterocycles. The maximum atomic E-state index is 13.7. The lowest BCUT2D eigenvalue weighted by Crippen LogP contribution is -2.49. The van der Waals surface area contributed by atoms with Crippen molar-refractivity contribution >= 4 is 23.5 Å². The van der Waals surface area contributed by atoms with Gasteiger partial charge >= 0.3 is 5.97 Å². The van der Waals surface area contributed by atoms with Crippen molar-refractivity contribution in [2.24, 2.45) is 0 Å². The Labute approximate surface area is 227 Å². The highest BCUT2D eigenvalue weighted by atomic mass is 16.7. The van der Waals surface area contributed by atoms with Crippen LogP contribution in [-0.4, -0.2) is 54.1 Å². The van der Waals surface area contributed by atoms with Crippen molar-refractivity contribution in [3.8, 4) is 11.5 Å². The smallest absolute Gasteiger partial charge is 0.310 e. The molecule has 0 unspecified atom stereocenters. The Morgan fingerprint density at radius 1 is 1.10 bits per heavy atom. The lowest BCUT2D eigenvalue weighted by molar-refractivity contribution is -0.142. The van der Waals surface area contributed by atoms with E-state index in [0.29, 0.717) is 42.3 Å². The predicted molar refractivity (Wildman–Crippen MR) is 145 cm³/mol. The number of nitrogens with one attached hydrogen (secondary N) is 1. The minimum Gasteiger partial charge on any atom is -0.466 e. The van der Waals surface area contributed by atoms with Crippen molar-refractivity contribution in [3.05, 3.63) is 71.0 Å². The molecule has 0 fully saturated rings. The molecule has 1 N–H and O–H groups in total. The summed E-state index contributed by atoms with van der Waals surface area (Å²) in [6, 6.07) is 14.0. The van der Waals surface area contributed by atoms with Crippen molar-refractivity contribution in [1.82, 2.24) is 15.1 Å². The third kappa shape index (κ3) is 6.57. The number of aryl methyl sites for hydroxylation is 1. The van der Waals surface area contributed by atoms with Crippen LogP contribution in [-0.2, 0) is 44.9 Å². The topological polar surface area (TPSA) is 112 Å². The van der Waals surface area contributed by atoms with E-state index in [1.807, 2.05) is 44.2 Å². The standard InChI is InChI=1S/C29H34N4O6/c1-5-24-22(16-28(35)37-6-2)19(3)31-33(24)17-27(34)30-23(14-20-10-8-7-9-11-20)29(36)32(4)21-12-13-25-26(15-21)39-18-38-25/h7-13,15,23H,5-6,14,16-18H2,1-4H3,(H,30,34)/t23-/m0/s1. The molecule has 10 nitrogen and oxygen atoms in total. The number of hydrogen-bond donors (Lipinski definition) is 1. The Bertz CT molecular complexity index is 1340. The van der Waals surface area contributed by atoms with Crippen molar-refractivity contribution in [3.63, 3.8) is 0 Å². The molecule has 10 heteroatoms. The van der Waals surface area contributed by atoms with Gasteiger partial charge in [0.25, 0.3) is 0 Å². The van der Waals surface area contributed by atoms with Crippen LogP contribution in [0.25, 0.3) is 0 Å². The van der Waals surface area contributed by atoms with E-state index in [1.54, 1.807) is 36.9 Å². The van der Waals surface area contributed by atoms with Gasteiger partial charge in [-0.2, -0.15) is 5.10 Å². The second-order valence-corrected chi connectivity index (χ2v) is 9.25. The number of nitrogens with zero attached hydrogens (tertiary/aromatic N) is 3. The number of fused-ring (bicyclic) bond motifs is 1. The predicted octanol–water partition coefficient (Wildman–Crippen LogP) is 2.98. The van der Waals surface area contributed by atoms with E-state index in [1.165, 1.54) is 4.90 Å². The van der Waals surface area contributed by atoms with Crippen molar-refractivity contribution in [2.75, 3.05) is 25.3 Å². The molecule has 1 atom stereocenters. The molecule has 206 valence electrons. The summed E-state index contributed by atoms with van der Waals surface area (Å²) in [6.45, 7) is 5.87. The molecule has 1 aliphatic heterocycles. The summed E-state index contributed by atoms with van der Waals surface area (Å²) in [5.41, 5.74) is 3.77. The third-order valence-electron chi connectivity index (χ3n) is 6.61. The summed E-state index contributed by atoms with van der Waals surface area (Å²) in [5.74, 6) is 0.219. The first-order chi connectivity index (χ1) is 18.8. The van der Waals surface area contributed by atoms with E-state index in [0.717, 1.165) is 16.8 Å². The minimum absolute atomic E-state index is 0.0842. The molecule has 0 aliphatic carbocycles. The van der Waals surface area contributed by atoms with Crippen molar-refractivity contribution in [2.45, 2.75) is 52.6 Å². The van der Waals surface area contributed by atoms with Gasteiger partial charge in [-0.05, 0) is 38.0 Å². The average molecular weight is 535 g/mol. The Kier molecular flexibility index (Phi) is 8.85. The van der Waals surface area contributed by atoms with Gasteiger partial charge < -0.3 is 24.4 Å². The van der Waals surface area contributed by atoms with Crippen LogP contribution < -0.4 is 19.7 Å². The van der Waals surface area contributed by atoms with Crippen LogP contribution in [0.2, 0.25) is 0 Å². The summed E-state index contributed by atoms with van der Waals surface area (Å²) in [5, 5.41) is 7.43. The van der Waals surface area contributed by atoms with Crippen LogP contribution in [0.4, 0.5) is 5.69 Å². The number of esters is 1. The fourth-order valence-corrected chi connectivity index (χ4v) is 4.66. The van der Waals surface area contributed by atoms with Gasteiger partial charge in [-0.1, -0.05) is 37.3 Å². The number of likely N-dealkylation sites (N-methyl/N-ethyl adjacent to an activating group) is 1. The Morgan fingerprint density at radius 2 is 1.85 bits per heavy atom. The average Bonchev–Trinajstić information content (AvgIpc) is 3.51. The monoisotopic (exact) mass is 534 g/mol. The summed E-state index contributed by atoms with van der Waals surface area (Å²) in [7, 11) is 1.66. The molecular formula is C29H34N4O6. The Balaban J connectivity index is 1.53. The first kappa shape index (κ1) is 27.7. The third-order valence-corrected chi connectivity index (χ3v) is 6.61. The number of amides is 2. The molecular weight excluding hydrogens is 500 g/mol. The molecule has 2 amide bonds. The van der Waals surface area contributed by atoms with Crippen LogP contribution in [0.5, 0.6) is 11.5 Å². The van der Waals surface area contributed by atoms with E-state index in [4.69, 9.17) is 14.2 Å². The van der Waals surface area contributed by atoms with Crippen LogP contribution >= 0.6 is 0 Å². The second kappa shape index (κ2) is 12.5. The SMILES string of the molecule is CCOC(=O)Cc1c(C)nn(CC(=O)N[C@@H](Cc2ccccc2)C(=O)N(C)c2ccc3c(c2)OCO3)c1CC. The summed E-state index contributed by atoms with van der Waals surface area (Å²) >= 11 is 0. The number of carbonyl (C=O) groups excluding carboxylic acids is 3. The lowest BCUT2D eigenvalue weighted by atomic mass is 10.0. The zero-order valence-corrected chi connectivity index (χ0v) is 22.7. The molecule has 1 aromatic heterocycles. The normalized spacial score (nSPS) is 12.6. The van der Waals surface area contributed by atoms with Crippen molar-refractivity contribution < 1.29 is 28.6 Å². The number of benzene rings is 2. The fourth-order valence-electron chi connectivity index (χ4n) is 4.66. The van der Waals surface area contributed by atoms with Crippen LogP contribution in [0.15, 0.2) is 48.5 Å². The molecule has 3 aromatic rings. The second-order valence-electron chi connectivity index (χ2n) is 9.25.